The summed E-state index contributed by atoms with van der Waals surface area (Å²) in [7, 11) is 0. The van der Waals surface area contributed by atoms with E-state index in [1.165, 1.54) is 12.1 Å². The maximum absolute atomic E-state index is 11.9. The van der Waals surface area contributed by atoms with Gasteiger partial charge in [0, 0.05) is 6.07 Å². The molecule has 21 heavy (non-hydrogen) atoms. The van der Waals surface area contributed by atoms with Crippen molar-refractivity contribution in [1.29, 1.82) is 0 Å². The van der Waals surface area contributed by atoms with Crippen molar-refractivity contribution in [2.45, 2.75) is 13.1 Å². The molecule has 0 fully saturated rings. The molecule has 1 N–H and O–H groups in total. The second kappa shape index (κ2) is 6.88. The first-order valence-corrected chi connectivity index (χ1v) is 5.65. The molecule has 0 radical (unpaired) electrons. The average molecular weight is 308 g/mol. The fourth-order valence-corrected chi connectivity index (χ4v) is 1.38. The lowest BCUT2D eigenvalue weighted by Gasteiger charge is -2.11. The van der Waals surface area contributed by atoms with Gasteiger partial charge in [0.1, 0.15) is 0 Å². The van der Waals surface area contributed by atoms with E-state index in [0.717, 1.165) is 6.07 Å². The summed E-state index contributed by atoms with van der Waals surface area (Å²) in [4.78, 5) is 25.8. The molecule has 0 bridgehead atoms. The summed E-state index contributed by atoms with van der Waals surface area (Å²) in [6, 6.07) is 3.49. The highest BCUT2D eigenvalue weighted by atomic mass is 19.4. The Labute approximate surface area is 116 Å². The summed E-state index contributed by atoms with van der Waals surface area (Å²) in [6.45, 7) is -0.106. The maximum atomic E-state index is 11.9. The zero-order valence-corrected chi connectivity index (χ0v) is 10.8. The topological polar surface area (TPSA) is 90.7 Å². The van der Waals surface area contributed by atoms with Crippen molar-refractivity contribution in [1.82, 2.24) is 5.48 Å². The summed E-state index contributed by atoms with van der Waals surface area (Å²) in [5, 5.41) is 10.8. The summed E-state index contributed by atoms with van der Waals surface area (Å²) < 4.78 is 40.7. The Balaban J connectivity index is 2.93. The van der Waals surface area contributed by atoms with Gasteiger partial charge in [0.2, 0.25) is 5.75 Å². The number of benzene rings is 1. The van der Waals surface area contributed by atoms with Crippen LogP contribution in [0, 0.1) is 10.1 Å². The smallest absolute Gasteiger partial charge is 0.414 e. The van der Waals surface area contributed by atoms with E-state index in [9.17, 15) is 28.1 Å². The van der Waals surface area contributed by atoms with Gasteiger partial charge in [-0.2, -0.15) is 13.2 Å². The number of ether oxygens (including phenoxy) is 1. The van der Waals surface area contributed by atoms with Crippen LogP contribution < -0.4 is 10.2 Å². The van der Waals surface area contributed by atoms with E-state index >= 15 is 0 Å². The van der Waals surface area contributed by atoms with Crippen LogP contribution in [0.2, 0.25) is 0 Å². The van der Waals surface area contributed by atoms with Gasteiger partial charge in [-0.25, -0.2) is 5.48 Å². The Kier molecular flexibility index (Phi) is 5.47. The molecule has 0 aliphatic carbocycles. The van der Waals surface area contributed by atoms with Crippen LogP contribution in [0.4, 0.5) is 18.9 Å². The van der Waals surface area contributed by atoms with E-state index < -0.39 is 29.3 Å². The molecule has 0 aromatic heterocycles. The minimum Gasteiger partial charge on any atom is -0.487 e. The number of para-hydroxylation sites is 1. The highest BCUT2D eigenvalue weighted by molar-refractivity contribution is 5.97. The van der Waals surface area contributed by atoms with Gasteiger partial charge in [-0.15, -0.1) is 0 Å². The fourth-order valence-electron chi connectivity index (χ4n) is 1.38. The standard InChI is InChI=1S/C11H11F3N2O5/c1-2-20-9-7(4-3-5-8(9)16(18)19)10(17)15-21-6-11(12,13)14/h3-5H,2,6H2,1H3,(H,15,17). The third-order valence-corrected chi connectivity index (χ3v) is 2.12. The lowest BCUT2D eigenvalue weighted by atomic mass is 10.1. The van der Waals surface area contributed by atoms with E-state index in [4.69, 9.17) is 4.74 Å². The van der Waals surface area contributed by atoms with Gasteiger partial charge in [0.15, 0.2) is 6.61 Å². The van der Waals surface area contributed by atoms with E-state index in [-0.39, 0.29) is 17.9 Å². The van der Waals surface area contributed by atoms with Gasteiger partial charge in [0.05, 0.1) is 17.1 Å². The Hall–Kier alpha value is -2.36. The summed E-state index contributed by atoms with van der Waals surface area (Å²) >= 11 is 0. The molecule has 7 nitrogen and oxygen atoms in total. The molecular formula is C11H11F3N2O5. The molecule has 0 atom stereocenters. The van der Waals surface area contributed by atoms with Crippen LogP contribution in [-0.4, -0.2) is 30.2 Å². The second-order valence-electron chi connectivity index (χ2n) is 3.68. The summed E-state index contributed by atoms with van der Waals surface area (Å²) in [5.74, 6) is -1.41. The van der Waals surface area contributed by atoms with Crippen LogP contribution in [-0.2, 0) is 4.84 Å². The van der Waals surface area contributed by atoms with Gasteiger partial charge in [-0.05, 0) is 13.0 Å². The maximum Gasteiger partial charge on any atom is 0.414 e. The lowest BCUT2D eigenvalue weighted by Crippen LogP contribution is -2.29. The highest BCUT2D eigenvalue weighted by Crippen LogP contribution is 2.30. The van der Waals surface area contributed by atoms with Gasteiger partial charge < -0.3 is 4.74 Å². The van der Waals surface area contributed by atoms with E-state index in [0.29, 0.717) is 0 Å². The summed E-state index contributed by atoms with van der Waals surface area (Å²) in [6.07, 6.45) is -4.61. The third kappa shape index (κ3) is 4.91. The van der Waals surface area contributed by atoms with Crippen molar-refractivity contribution in [2.75, 3.05) is 13.2 Å². The number of halogens is 3. The molecule has 116 valence electrons. The van der Waals surface area contributed by atoms with Crippen molar-refractivity contribution < 1.29 is 32.5 Å². The first-order chi connectivity index (χ1) is 9.76. The predicted molar refractivity (Wildman–Crippen MR) is 63.7 cm³/mol. The van der Waals surface area contributed by atoms with Crippen molar-refractivity contribution in [3.8, 4) is 5.75 Å². The molecule has 0 aliphatic rings. The number of alkyl halides is 3. The number of hydrogen-bond acceptors (Lipinski definition) is 5. The highest BCUT2D eigenvalue weighted by Gasteiger charge is 2.29. The number of nitrogens with zero attached hydrogens (tertiary/aromatic N) is 1. The number of nitro benzene ring substituents is 1. The molecule has 0 unspecified atom stereocenters. The number of nitro groups is 1. The monoisotopic (exact) mass is 308 g/mol. The number of hydroxylamine groups is 1. The first-order valence-electron chi connectivity index (χ1n) is 5.65. The third-order valence-electron chi connectivity index (χ3n) is 2.12. The van der Waals surface area contributed by atoms with Gasteiger partial charge >= 0.3 is 11.9 Å². The minimum atomic E-state index is -4.61. The van der Waals surface area contributed by atoms with E-state index in [1.54, 1.807) is 12.4 Å². The van der Waals surface area contributed by atoms with E-state index in [1.807, 2.05) is 0 Å². The minimum absolute atomic E-state index is 0.0363. The number of amides is 1. The lowest BCUT2D eigenvalue weighted by molar-refractivity contribution is -0.385. The quantitative estimate of drug-likeness (QED) is 0.642. The largest absolute Gasteiger partial charge is 0.487 e. The molecule has 0 saturated carbocycles. The van der Waals surface area contributed by atoms with Crippen LogP contribution in [0.5, 0.6) is 5.75 Å². The first kappa shape index (κ1) is 16.7. The normalized spacial score (nSPS) is 11.0. The van der Waals surface area contributed by atoms with Crippen molar-refractivity contribution in [3.05, 3.63) is 33.9 Å². The predicted octanol–water partition coefficient (Wildman–Crippen LogP) is 2.22. The van der Waals surface area contributed by atoms with Gasteiger partial charge in [0.25, 0.3) is 5.91 Å². The number of nitrogens with one attached hydrogen (secondary N) is 1. The molecule has 1 aromatic carbocycles. The van der Waals surface area contributed by atoms with Gasteiger partial charge in [-0.3, -0.25) is 19.7 Å². The Morgan fingerprint density at radius 2 is 2.10 bits per heavy atom. The van der Waals surface area contributed by atoms with Crippen molar-refractivity contribution >= 4 is 11.6 Å². The Bertz CT molecular complexity index is 533. The number of carbonyl (C=O) groups is 1. The Morgan fingerprint density at radius 3 is 2.62 bits per heavy atom. The second-order valence-corrected chi connectivity index (χ2v) is 3.68. The number of rotatable bonds is 6. The van der Waals surface area contributed by atoms with Crippen LogP contribution in [0.1, 0.15) is 17.3 Å². The van der Waals surface area contributed by atoms with Gasteiger partial charge in [-0.1, -0.05) is 6.07 Å². The molecule has 0 heterocycles. The summed E-state index contributed by atoms with van der Waals surface area (Å²) in [5.41, 5.74) is 0.789. The van der Waals surface area contributed by atoms with E-state index in [2.05, 4.69) is 4.84 Å². The zero-order valence-electron chi connectivity index (χ0n) is 10.8. The fraction of sp³-hybridized carbons (Fsp3) is 0.364. The number of hydrogen-bond donors (Lipinski definition) is 1. The number of carbonyl (C=O) groups excluding carboxylic acids is 1. The molecule has 0 spiro atoms. The van der Waals surface area contributed by atoms with Crippen molar-refractivity contribution in [3.63, 3.8) is 0 Å². The molecule has 0 aliphatic heterocycles. The van der Waals surface area contributed by atoms with Crippen LogP contribution >= 0.6 is 0 Å². The molecule has 1 amide bonds. The molecule has 1 aromatic rings. The van der Waals surface area contributed by atoms with Crippen LogP contribution in [0.25, 0.3) is 0 Å². The van der Waals surface area contributed by atoms with Crippen molar-refractivity contribution in [2.24, 2.45) is 0 Å². The van der Waals surface area contributed by atoms with Crippen LogP contribution in [0.15, 0.2) is 18.2 Å². The zero-order chi connectivity index (χ0) is 16.0. The molecule has 1 rings (SSSR count). The molecule has 0 saturated heterocycles. The molecule has 10 heteroatoms. The average Bonchev–Trinajstić information content (AvgIpc) is 2.37. The van der Waals surface area contributed by atoms with Crippen LogP contribution in [0.3, 0.4) is 0 Å². The SMILES string of the molecule is CCOc1c(C(=O)NOCC(F)(F)F)cccc1[N+](=O)[O-]. The Morgan fingerprint density at radius 1 is 1.43 bits per heavy atom. The molecular weight excluding hydrogens is 297 g/mol.